The van der Waals surface area contributed by atoms with E-state index in [-0.39, 0.29) is 6.79 Å². The monoisotopic (exact) mass is 488 g/mol. The minimum Gasteiger partial charge on any atom is -0.454 e. The van der Waals surface area contributed by atoms with E-state index in [1.807, 2.05) is 30.3 Å². The molecule has 1 aromatic carbocycles. The Morgan fingerprint density at radius 1 is 1.03 bits per heavy atom. The van der Waals surface area contributed by atoms with Crippen molar-refractivity contribution in [3.8, 4) is 11.5 Å². The molecule has 0 bridgehead atoms. The second-order valence-corrected chi connectivity index (χ2v) is 8.68. The molecule has 1 aliphatic rings. The summed E-state index contributed by atoms with van der Waals surface area (Å²) in [4.78, 5) is 22.8. The van der Waals surface area contributed by atoms with Crippen molar-refractivity contribution in [1.29, 1.82) is 0 Å². The first-order chi connectivity index (χ1) is 16.7. The molecule has 0 fully saturated rings. The summed E-state index contributed by atoms with van der Waals surface area (Å²) in [6, 6.07) is 9.67. The fraction of sp³-hybridized carbons (Fsp3) is 0.0909. The summed E-state index contributed by atoms with van der Waals surface area (Å²) in [5.74, 6) is 2.54. The molecule has 34 heavy (non-hydrogen) atoms. The normalized spacial score (nSPS) is 12.1. The van der Waals surface area contributed by atoms with Crippen LogP contribution in [0.1, 0.15) is 5.56 Å². The number of hydrogen-bond donors (Lipinski definition) is 3. The molecule has 4 aromatic heterocycles. The lowest BCUT2D eigenvalue weighted by molar-refractivity contribution is 0.174. The van der Waals surface area contributed by atoms with Gasteiger partial charge in [-0.05, 0) is 42.0 Å². The molecule has 0 aliphatic carbocycles. The first kappa shape index (κ1) is 20.4. The number of ether oxygens (including phenoxy) is 2. The summed E-state index contributed by atoms with van der Waals surface area (Å²) >= 11 is 6.91. The van der Waals surface area contributed by atoms with E-state index in [9.17, 15) is 0 Å². The maximum atomic E-state index is 5.40. The van der Waals surface area contributed by atoms with Crippen molar-refractivity contribution >= 4 is 66.6 Å². The Bertz CT molecular complexity index is 1520. The molecule has 0 radical (unpaired) electrons. The van der Waals surface area contributed by atoms with Crippen LogP contribution in [-0.2, 0) is 6.54 Å². The van der Waals surface area contributed by atoms with Crippen molar-refractivity contribution in [3.63, 3.8) is 0 Å². The van der Waals surface area contributed by atoms with Crippen molar-refractivity contribution in [2.75, 3.05) is 17.4 Å². The third-order valence-corrected chi connectivity index (χ3v) is 6.41. The fourth-order valence-corrected chi connectivity index (χ4v) is 4.70. The van der Waals surface area contributed by atoms with Crippen LogP contribution in [0.3, 0.4) is 0 Å². The molecule has 0 saturated carbocycles. The highest BCUT2D eigenvalue weighted by molar-refractivity contribution is 7.80. The van der Waals surface area contributed by atoms with Crippen molar-refractivity contribution in [2.24, 2.45) is 0 Å². The summed E-state index contributed by atoms with van der Waals surface area (Å²) in [6.45, 7) is 0.789. The lowest BCUT2D eigenvalue weighted by Crippen LogP contribution is -2.28. The minimum atomic E-state index is 0.250. The van der Waals surface area contributed by atoms with Crippen LogP contribution in [0.15, 0.2) is 55.2 Å². The van der Waals surface area contributed by atoms with Crippen molar-refractivity contribution in [2.45, 2.75) is 6.54 Å². The number of fused-ring (bicyclic) bond motifs is 4. The third kappa shape index (κ3) is 4.00. The second kappa shape index (κ2) is 8.65. The number of anilines is 3. The number of benzene rings is 1. The first-order valence-electron chi connectivity index (χ1n) is 10.2. The third-order valence-electron chi connectivity index (χ3n) is 5.06. The van der Waals surface area contributed by atoms with Gasteiger partial charge in [0.15, 0.2) is 22.4 Å². The Kier molecular flexibility index (Phi) is 5.20. The van der Waals surface area contributed by atoms with Crippen molar-refractivity contribution < 1.29 is 9.47 Å². The van der Waals surface area contributed by atoms with Crippen molar-refractivity contribution in [1.82, 2.24) is 30.2 Å². The number of nitrogens with one attached hydrogen (secondary N) is 3. The van der Waals surface area contributed by atoms with Gasteiger partial charge >= 0.3 is 0 Å². The molecule has 5 aromatic rings. The predicted octanol–water partition coefficient (Wildman–Crippen LogP) is 3.99. The van der Waals surface area contributed by atoms with Gasteiger partial charge in [-0.15, -0.1) is 11.3 Å². The van der Waals surface area contributed by atoms with E-state index in [2.05, 4.69) is 40.9 Å². The molecule has 0 saturated heterocycles. The zero-order chi connectivity index (χ0) is 22.9. The number of thiocarbonyl (C=S) groups is 1. The SMILES string of the molecule is S=C(NCc1ccc2c(c1)OCO2)Nc1cnc(Nc2ncnc3c2sc2ncccc23)nc1. The second-order valence-electron chi connectivity index (χ2n) is 7.27. The average Bonchev–Trinajstić information content (AvgIpc) is 3.49. The van der Waals surface area contributed by atoms with Crippen LogP contribution in [0, 0.1) is 0 Å². The summed E-state index contributed by atoms with van der Waals surface area (Å²) in [7, 11) is 0. The molecule has 1 aliphatic heterocycles. The van der Waals surface area contributed by atoms with Crippen LogP contribution in [0.2, 0.25) is 0 Å². The van der Waals surface area contributed by atoms with Gasteiger partial charge in [-0.25, -0.2) is 24.9 Å². The molecule has 5 heterocycles. The fourth-order valence-electron chi connectivity index (χ4n) is 3.47. The zero-order valence-corrected chi connectivity index (χ0v) is 19.1. The van der Waals surface area contributed by atoms with Crippen LogP contribution in [0.5, 0.6) is 11.5 Å². The maximum absolute atomic E-state index is 5.40. The van der Waals surface area contributed by atoms with Gasteiger partial charge in [0.1, 0.15) is 11.2 Å². The van der Waals surface area contributed by atoms with Gasteiger partial charge in [0.05, 0.1) is 28.3 Å². The Morgan fingerprint density at radius 2 is 1.91 bits per heavy atom. The number of nitrogens with zero attached hydrogens (tertiary/aromatic N) is 5. The van der Waals surface area contributed by atoms with Gasteiger partial charge in [-0.3, -0.25) is 0 Å². The molecular weight excluding hydrogens is 472 g/mol. The van der Waals surface area contributed by atoms with Crippen LogP contribution in [-0.4, -0.2) is 36.8 Å². The molecule has 0 spiro atoms. The quantitative estimate of drug-likeness (QED) is 0.312. The highest BCUT2D eigenvalue weighted by atomic mass is 32.1. The van der Waals surface area contributed by atoms with Gasteiger partial charge in [0, 0.05) is 18.1 Å². The lowest BCUT2D eigenvalue weighted by atomic mass is 10.2. The molecule has 10 nitrogen and oxygen atoms in total. The van der Waals surface area contributed by atoms with Gasteiger partial charge in [0.2, 0.25) is 12.7 Å². The number of thiophene rings is 1. The molecule has 0 amide bonds. The average molecular weight is 489 g/mol. The predicted molar refractivity (Wildman–Crippen MR) is 134 cm³/mol. The van der Waals surface area contributed by atoms with E-state index < -0.39 is 0 Å². The van der Waals surface area contributed by atoms with Gasteiger partial charge in [0.25, 0.3) is 0 Å². The van der Waals surface area contributed by atoms with E-state index in [0.29, 0.717) is 29.1 Å². The van der Waals surface area contributed by atoms with Crippen LogP contribution < -0.4 is 25.4 Å². The van der Waals surface area contributed by atoms with E-state index in [4.69, 9.17) is 21.7 Å². The molecule has 6 rings (SSSR count). The molecule has 0 unspecified atom stereocenters. The van der Waals surface area contributed by atoms with Gasteiger partial charge in [-0.1, -0.05) is 6.07 Å². The molecule has 168 valence electrons. The number of aromatic nitrogens is 5. The lowest BCUT2D eigenvalue weighted by Gasteiger charge is -2.11. The van der Waals surface area contributed by atoms with E-state index >= 15 is 0 Å². The minimum absolute atomic E-state index is 0.250. The van der Waals surface area contributed by atoms with Crippen LogP contribution in [0.25, 0.3) is 20.4 Å². The van der Waals surface area contributed by atoms with Crippen molar-refractivity contribution in [3.05, 3.63) is 60.8 Å². The van der Waals surface area contributed by atoms with E-state index in [1.54, 1.807) is 18.6 Å². The summed E-state index contributed by atoms with van der Waals surface area (Å²) < 4.78 is 11.6. The van der Waals surface area contributed by atoms with Gasteiger partial charge < -0.3 is 25.4 Å². The first-order valence-corrected chi connectivity index (χ1v) is 11.5. The van der Waals surface area contributed by atoms with E-state index in [1.165, 1.54) is 17.7 Å². The number of rotatable bonds is 5. The Hall–Kier alpha value is -4.16. The molecule has 3 N–H and O–H groups in total. The number of pyridine rings is 1. The Labute approximate surface area is 202 Å². The Morgan fingerprint density at radius 3 is 2.82 bits per heavy atom. The molecule has 12 heteroatoms. The summed E-state index contributed by atoms with van der Waals surface area (Å²) in [5.41, 5.74) is 2.53. The molecule has 0 atom stereocenters. The van der Waals surface area contributed by atoms with Crippen LogP contribution >= 0.6 is 23.6 Å². The smallest absolute Gasteiger partial charge is 0.231 e. The summed E-state index contributed by atoms with van der Waals surface area (Å²) in [6.07, 6.45) is 6.58. The zero-order valence-electron chi connectivity index (χ0n) is 17.5. The molecular formula is C22H16N8O2S2. The topological polar surface area (TPSA) is 119 Å². The highest BCUT2D eigenvalue weighted by Crippen LogP contribution is 2.35. The standard InChI is InChI=1S/C22H16N8O2S2/c33-22(26-7-12-3-4-15-16(6-12)32-11-31-15)29-13-8-24-21(25-9-13)30-19-18-17(27-10-28-19)14-2-1-5-23-20(14)34-18/h1-6,8-10H,7,11H2,(H2,26,29,33)(H,24,25,27,28,30). The van der Waals surface area contributed by atoms with Crippen LogP contribution in [0.4, 0.5) is 17.5 Å². The number of hydrogen-bond acceptors (Lipinski definition) is 10. The largest absolute Gasteiger partial charge is 0.454 e. The highest BCUT2D eigenvalue weighted by Gasteiger charge is 2.14. The van der Waals surface area contributed by atoms with E-state index in [0.717, 1.165) is 37.5 Å². The Balaban J connectivity index is 1.10. The van der Waals surface area contributed by atoms with Gasteiger partial charge in [-0.2, -0.15) is 0 Å². The maximum Gasteiger partial charge on any atom is 0.231 e. The summed E-state index contributed by atoms with van der Waals surface area (Å²) in [5, 5.41) is 10.9.